The summed E-state index contributed by atoms with van der Waals surface area (Å²) in [5.74, 6) is -0.676. The number of carbonyl (C=O) groups excluding carboxylic acids is 1. The molecule has 0 unspecified atom stereocenters. The van der Waals surface area contributed by atoms with Crippen LogP contribution in [0.5, 0.6) is 0 Å². The van der Waals surface area contributed by atoms with E-state index in [0.717, 1.165) is 11.1 Å². The first-order valence-electron chi connectivity index (χ1n) is 7.02. The van der Waals surface area contributed by atoms with Crippen LogP contribution in [0, 0.1) is 6.92 Å². The maximum absolute atomic E-state index is 12.5. The quantitative estimate of drug-likeness (QED) is 0.725. The van der Waals surface area contributed by atoms with E-state index >= 15 is 0 Å². The van der Waals surface area contributed by atoms with Gasteiger partial charge in [-0.25, -0.2) is 4.79 Å². The van der Waals surface area contributed by atoms with Gasteiger partial charge >= 0.3 is 5.97 Å². The lowest BCUT2D eigenvalue weighted by Crippen LogP contribution is -2.21. The van der Waals surface area contributed by atoms with Crippen molar-refractivity contribution >= 4 is 28.5 Å². The van der Waals surface area contributed by atoms with Gasteiger partial charge in [0.1, 0.15) is 5.56 Å². The molecule has 0 aliphatic heterocycles. The van der Waals surface area contributed by atoms with Crippen LogP contribution in [0.25, 0.3) is 22.0 Å². The van der Waals surface area contributed by atoms with E-state index in [1.165, 1.54) is 7.11 Å². The van der Waals surface area contributed by atoms with Crippen LogP contribution in [0.3, 0.4) is 0 Å². The summed E-state index contributed by atoms with van der Waals surface area (Å²) in [7, 11) is 1.25. The molecule has 1 N–H and O–H groups in total. The predicted molar refractivity (Wildman–Crippen MR) is 91.1 cm³/mol. The lowest BCUT2D eigenvalue weighted by Gasteiger charge is -2.13. The highest BCUT2D eigenvalue weighted by atomic mass is 35.5. The van der Waals surface area contributed by atoms with Gasteiger partial charge in [0.2, 0.25) is 0 Å². The molecule has 1 heterocycles. The molecule has 23 heavy (non-hydrogen) atoms. The number of hydrogen-bond donors (Lipinski definition) is 1. The van der Waals surface area contributed by atoms with Crippen molar-refractivity contribution < 1.29 is 9.53 Å². The van der Waals surface area contributed by atoms with E-state index in [-0.39, 0.29) is 5.56 Å². The maximum Gasteiger partial charge on any atom is 0.344 e. The van der Waals surface area contributed by atoms with Crippen molar-refractivity contribution in [2.24, 2.45) is 0 Å². The Morgan fingerprint density at radius 3 is 2.52 bits per heavy atom. The molecule has 0 spiro atoms. The third kappa shape index (κ3) is 2.62. The van der Waals surface area contributed by atoms with Gasteiger partial charge in [0, 0.05) is 16.0 Å². The van der Waals surface area contributed by atoms with Gasteiger partial charge < -0.3 is 9.72 Å². The first-order chi connectivity index (χ1) is 11.0. The summed E-state index contributed by atoms with van der Waals surface area (Å²) < 4.78 is 4.80. The highest BCUT2D eigenvalue weighted by molar-refractivity contribution is 6.31. The van der Waals surface area contributed by atoms with Crippen LogP contribution in [0.4, 0.5) is 0 Å². The number of hydrogen-bond acceptors (Lipinski definition) is 3. The molecule has 0 saturated carbocycles. The summed E-state index contributed by atoms with van der Waals surface area (Å²) in [5, 5.41) is 1.25. The highest BCUT2D eigenvalue weighted by Gasteiger charge is 2.22. The fraction of sp³-hybridized carbons (Fsp3) is 0.111. The number of esters is 1. The number of benzene rings is 2. The van der Waals surface area contributed by atoms with Crippen LogP contribution in [-0.2, 0) is 4.74 Å². The van der Waals surface area contributed by atoms with Crippen molar-refractivity contribution in [3.63, 3.8) is 0 Å². The Kier molecular flexibility index (Phi) is 3.92. The van der Waals surface area contributed by atoms with Crippen LogP contribution >= 0.6 is 11.6 Å². The number of fused-ring (bicyclic) bond motifs is 1. The van der Waals surface area contributed by atoms with Gasteiger partial charge in [-0.2, -0.15) is 0 Å². The van der Waals surface area contributed by atoms with Crippen molar-refractivity contribution in [3.05, 3.63) is 69.0 Å². The highest BCUT2D eigenvalue weighted by Crippen LogP contribution is 2.33. The lowest BCUT2D eigenvalue weighted by molar-refractivity contribution is 0.0600. The Labute approximate surface area is 137 Å². The number of aromatic amines is 1. The summed E-state index contributed by atoms with van der Waals surface area (Å²) in [5.41, 5.74) is 2.28. The standard InChI is InChI=1S/C18H14ClNO3/c1-10-8-12(19)9-13-14(11-6-4-3-5-7-11)15(18(22)23-2)17(21)20-16(10)13/h3-9H,1-2H3,(H,20,21). The van der Waals surface area contributed by atoms with Crippen LogP contribution in [0.15, 0.2) is 47.3 Å². The van der Waals surface area contributed by atoms with Gasteiger partial charge in [-0.15, -0.1) is 0 Å². The van der Waals surface area contributed by atoms with Crippen LogP contribution in [0.2, 0.25) is 5.02 Å². The molecule has 0 saturated heterocycles. The zero-order valence-corrected chi connectivity index (χ0v) is 13.4. The number of aryl methyl sites for hydroxylation is 1. The summed E-state index contributed by atoms with van der Waals surface area (Å²) in [6.07, 6.45) is 0. The average Bonchev–Trinajstić information content (AvgIpc) is 2.54. The third-order valence-electron chi connectivity index (χ3n) is 3.74. The molecule has 3 aromatic rings. The van der Waals surface area contributed by atoms with Crippen molar-refractivity contribution in [2.75, 3.05) is 7.11 Å². The van der Waals surface area contributed by atoms with Crippen LogP contribution in [0.1, 0.15) is 15.9 Å². The lowest BCUT2D eigenvalue weighted by atomic mass is 9.95. The molecule has 0 fully saturated rings. The van der Waals surface area contributed by atoms with Crippen LogP contribution in [-0.4, -0.2) is 18.1 Å². The monoisotopic (exact) mass is 327 g/mol. The second kappa shape index (κ2) is 5.89. The van der Waals surface area contributed by atoms with E-state index in [1.807, 2.05) is 37.3 Å². The molecular formula is C18H14ClNO3. The number of aromatic nitrogens is 1. The number of carbonyl (C=O) groups is 1. The summed E-state index contributed by atoms with van der Waals surface area (Å²) >= 11 is 6.18. The van der Waals surface area contributed by atoms with E-state index in [9.17, 15) is 9.59 Å². The van der Waals surface area contributed by atoms with Crippen molar-refractivity contribution in [2.45, 2.75) is 6.92 Å². The third-order valence-corrected chi connectivity index (χ3v) is 3.96. The molecule has 116 valence electrons. The van der Waals surface area contributed by atoms with E-state index in [1.54, 1.807) is 12.1 Å². The number of methoxy groups -OCH3 is 1. The van der Waals surface area contributed by atoms with Gasteiger partial charge in [-0.3, -0.25) is 4.79 Å². The molecule has 0 amide bonds. The smallest absolute Gasteiger partial charge is 0.344 e. The first kappa shape index (κ1) is 15.3. The van der Waals surface area contributed by atoms with Crippen LogP contribution < -0.4 is 5.56 Å². The minimum absolute atomic E-state index is 0.0205. The fourth-order valence-corrected chi connectivity index (χ4v) is 3.00. The van der Waals surface area contributed by atoms with E-state index < -0.39 is 11.5 Å². The van der Waals surface area contributed by atoms with E-state index in [2.05, 4.69) is 4.98 Å². The molecular weight excluding hydrogens is 314 g/mol. The van der Waals surface area contributed by atoms with Gasteiger partial charge in [-0.05, 0) is 30.2 Å². The molecule has 2 aromatic carbocycles. The molecule has 0 atom stereocenters. The minimum Gasteiger partial charge on any atom is -0.465 e. The summed E-state index contributed by atoms with van der Waals surface area (Å²) in [6, 6.07) is 12.8. The molecule has 0 aliphatic rings. The molecule has 0 radical (unpaired) electrons. The largest absolute Gasteiger partial charge is 0.465 e. The molecule has 3 rings (SSSR count). The SMILES string of the molecule is COC(=O)c1c(-c2ccccc2)c2cc(Cl)cc(C)c2[nH]c1=O. The van der Waals surface area contributed by atoms with Crippen molar-refractivity contribution in [1.29, 1.82) is 0 Å². The number of H-pyrrole nitrogens is 1. The fourth-order valence-electron chi connectivity index (χ4n) is 2.73. The molecule has 0 bridgehead atoms. The molecule has 5 heteroatoms. The van der Waals surface area contributed by atoms with E-state index in [4.69, 9.17) is 16.3 Å². The minimum atomic E-state index is -0.676. The second-order valence-electron chi connectivity index (χ2n) is 5.21. The zero-order chi connectivity index (χ0) is 16.6. The Hall–Kier alpha value is -2.59. The van der Waals surface area contributed by atoms with Gasteiger partial charge in [0.05, 0.1) is 12.6 Å². The first-order valence-corrected chi connectivity index (χ1v) is 7.40. The van der Waals surface area contributed by atoms with Gasteiger partial charge in [0.15, 0.2) is 0 Å². The number of rotatable bonds is 2. The summed E-state index contributed by atoms with van der Waals surface area (Å²) in [6.45, 7) is 1.86. The molecule has 1 aromatic heterocycles. The van der Waals surface area contributed by atoms with Crippen molar-refractivity contribution in [3.8, 4) is 11.1 Å². The average molecular weight is 328 g/mol. The number of halogens is 1. The second-order valence-corrected chi connectivity index (χ2v) is 5.64. The Morgan fingerprint density at radius 2 is 1.87 bits per heavy atom. The zero-order valence-electron chi connectivity index (χ0n) is 12.6. The Bertz CT molecular complexity index is 961. The predicted octanol–water partition coefficient (Wildman–Crippen LogP) is 3.94. The Balaban J connectivity index is 2.55. The van der Waals surface area contributed by atoms with Gasteiger partial charge in [-0.1, -0.05) is 41.9 Å². The summed E-state index contributed by atoms with van der Waals surface area (Å²) in [4.78, 5) is 27.4. The van der Waals surface area contributed by atoms with E-state index in [0.29, 0.717) is 21.5 Å². The van der Waals surface area contributed by atoms with Gasteiger partial charge in [0.25, 0.3) is 5.56 Å². The van der Waals surface area contributed by atoms with Crippen molar-refractivity contribution in [1.82, 2.24) is 4.98 Å². The number of nitrogens with one attached hydrogen (secondary N) is 1. The number of pyridine rings is 1. The maximum atomic E-state index is 12.5. The number of ether oxygens (including phenoxy) is 1. The molecule has 4 nitrogen and oxygen atoms in total. The normalized spacial score (nSPS) is 10.7. The molecule has 0 aliphatic carbocycles. The Morgan fingerprint density at radius 1 is 1.17 bits per heavy atom. The topological polar surface area (TPSA) is 59.2 Å².